The molecule has 5 nitrogen and oxygen atoms in total. The van der Waals surface area contributed by atoms with Crippen LogP contribution in [0.5, 0.6) is 5.75 Å². The zero-order chi connectivity index (χ0) is 12.4. The summed E-state index contributed by atoms with van der Waals surface area (Å²) in [5.74, 6) is 0.277. The van der Waals surface area contributed by atoms with Crippen molar-refractivity contribution in [1.82, 2.24) is 9.78 Å². The lowest BCUT2D eigenvalue weighted by atomic mass is 10.2. The molecule has 1 aromatic carbocycles. The van der Waals surface area contributed by atoms with Gasteiger partial charge in [0.25, 0.3) is 0 Å². The number of para-hydroxylation sites is 1. The second-order valence-electron chi connectivity index (χ2n) is 3.55. The molecule has 90 valence electrons. The number of aryl methyl sites for hydroxylation is 1. The third kappa shape index (κ3) is 1.84. The first-order valence-electron chi connectivity index (χ1n) is 5.35. The Hall–Kier alpha value is -2.04. The molecule has 0 saturated heterocycles. The van der Waals surface area contributed by atoms with Crippen molar-refractivity contribution in [3.63, 3.8) is 0 Å². The molecule has 5 heteroatoms. The van der Waals surface area contributed by atoms with Crippen LogP contribution in [0.4, 0.5) is 0 Å². The summed E-state index contributed by atoms with van der Waals surface area (Å²) in [7, 11) is 3.36. The van der Waals surface area contributed by atoms with Crippen LogP contribution >= 0.6 is 0 Å². The van der Waals surface area contributed by atoms with Crippen molar-refractivity contribution in [3.8, 4) is 5.75 Å². The zero-order valence-electron chi connectivity index (χ0n) is 10.1. The molecule has 1 heterocycles. The quantitative estimate of drug-likeness (QED) is 0.759. The molecule has 0 radical (unpaired) electrons. The SMILES string of the molecule is CCOC(=O)c1nn(C)c2c(OC)cccc12. The molecular formula is C12H14N2O3. The second kappa shape index (κ2) is 4.45. The van der Waals surface area contributed by atoms with Crippen LogP contribution in [0, 0.1) is 0 Å². The minimum absolute atomic E-state index is 0.322. The van der Waals surface area contributed by atoms with Crippen molar-refractivity contribution in [2.75, 3.05) is 13.7 Å². The van der Waals surface area contributed by atoms with Crippen molar-refractivity contribution in [3.05, 3.63) is 23.9 Å². The lowest BCUT2D eigenvalue weighted by Gasteiger charge is -2.02. The van der Waals surface area contributed by atoms with Gasteiger partial charge in [-0.1, -0.05) is 12.1 Å². The van der Waals surface area contributed by atoms with Gasteiger partial charge in [-0.2, -0.15) is 5.10 Å². The van der Waals surface area contributed by atoms with E-state index in [0.29, 0.717) is 18.1 Å². The lowest BCUT2D eigenvalue weighted by Crippen LogP contribution is -2.06. The molecule has 0 bridgehead atoms. The molecule has 0 aliphatic heterocycles. The number of aromatic nitrogens is 2. The highest BCUT2D eigenvalue weighted by atomic mass is 16.5. The number of fused-ring (bicyclic) bond motifs is 1. The van der Waals surface area contributed by atoms with Crippen molar-refractivity contribution in [1.29, 1.82) is 0 Å². The normalized spacial score (nSPS) is 10.5. The first-order chi connectivity index (χ1) is 8.19. The van der Waals surface area contributed by atoms with Gasteiger partial charge in [0.1, 0.15) is 11.3 Å². The number of carbonyl (C=O) groups excluding carboxylic acids is 1. The second-order valence-corrected chi connectivity index (χ2v) is 3.55. The van der Waals surface area contributed by atoms with Crippen LogP contribution < -0.4 is 4.74 Å². The summed E-state index contributed by atoms with van der Waals surface area (Å²) in [5, 5.41) is 4.92. The smallest absolute Gasteiger partial charge is 0.359 e. The minimum Gasteiger partial charge on any atom is -0.494 e. The van der Waals surface area contributed by atoms with E-state index in [1.54, 1.807) is 25.8 Å². The van der Waals surface area contributed by atoms with Crippen LogP contribution in [-0.2, 0) is 11.8 Å². The van der Waals surface area contributed by atoms with Gasteiger partial charge < -0.3 is 9.47 Å². The Morgan fingerprint density at radius 3 is 2.88 bits per heavy atom. The van der Waals surface area contributed by atoms with Gasteiger partial charge in [-0.25, -0.2) is 4.79 Å². The predicted octanol–water partition coefficient (Wildman–Crippen LogP) is 1.76. The highest BCUT2D eigenvalue weighted by Gasteiger charge is 2.18. The van der Waals surface area contributed by atoms with E-state index in [1.807, 2.05) is 18.2 Å². The maximum absolute atomic E-state index is 11.7. The Labute approximate surface area is 98.9 Å². The van der Waals surface area contributed by atoms with E-state index in [9.17, 15) is 4.79 Å². The number of ether oxygens (including phenoxy) is 2. The monoisotopic (exact) mass is 234 g/mol. The molecule has 0 saturated carbocycles. The molecule has 0 aliphatic rings. The Morgan fingerprint density at radius 1 is 1.47 bits per heavy atom. The maximum atomic E-state index is 11.7. The summed E-state index contributed by atoms with van der Waals surface area (Å²) in [6.07, 6.45) is 0. The number of carbonyl (C=O) groups is 1. The van der Waals surface area contributed by atoms with Gasteiger partial charge in [0.05, 0.1) is 13.7 Å². The maximum Gasteiger partial charge on any atom is 0.359 e. The van der Waals surface area contributed by atoms with Crippen LogP contribution in [0.3, 0.4) is 0 Å². The number of methoxy groups -OCH3 is 1. The third-order valence-electron chi connectivity index (χ3n) is 2.52. The Kier molecular flexibility index (Phi) is 2.99. The van der Waals surface area contributed by atoms with Gasteiger partial charge in [-0.15, -0.1) is 0 Å². The summed E-state index contributed by atoms with van der Waals surface area (Å²) in [6, 6.07) is 5.49. The molecule has 0 atom stereocenters. The summed E-state index contributed by atoms with van der Waals surface area (Å²) in [4.78, 5) is 11.7. The molecule has 0 amide bonds. The Balaban J connectivity index is 2.63. The van der Waals surface area contributed by atoms with Crippen molar-refractivity contribution < 1.29 is 14.3 Å². The first kappa shape index (κ1) is 11.4. The van der Waals surface area contributed by atoms with Crippen LogP contribution in [0.25, 0.3) is 10.9 Å². The Bertz CT molecular complexity index is 560. The van der Waals surface area contributed by atoms with E-state index in [4.69, 9.17) is 9.47 Å². The fourth-order valence-electron chi connectivity index (χ4n) is 1.82. The molecular weight excluding hydrogens is 220 g/mol. The summed E-state index contributed by atoms with van der Waals surface area (Å²) in [5.41, 5.74) is 1.11. The average molecular weight is 234 g/mol. The summed E-state index contributed by atoms with van der Waals surface area (Å²) in [6.45, 7) is 2.10. The van der Waals surface area contributed by atoms with E-state index in [-0.39, 0.29) is 0 Å². The predicted molar refractivity (Wildman–Crippen MR) is 63.2 cm³/mol. The number of hydrogen-bond acceptors (Lipinski definition) is 4. The van der Waals surface area contributed by atoms with Gasteiger partial charge in [0, 0.05) is 12.4 Å². The summed E-state index contributed by atoms with van der Waals surface area (Å²) < 4.78 is 11.8. The molecule has 0 spiro atoms. The van der Waals surface area contributed by atoms with Gasteiger partial charge in [0.2, 0.25) is 0 Å². The molecule has 0 aliphatic carbocycles. The molecule has 0 unspecified atom stereocenters. The number of benzene rings is 1. The number of nitrogens with zero attached hydrogens (tertiary/aromatic N) is 2. The van der Waals surface area contributed by atoms with Crippen LogP contribution in [0.15, 0.2) is 18.2 Å². The fraction of sp³-hybridized carbons (Fsp3) is 0.333. The van der Waals surface area contributed by atoms with Gasteiger partial charge in [0.15, 0.2) is 5.69 Å². The third-order valence-corrected chi connectivity index (χ3v) is 2.52. The van der Waals surface area contributed by atoms with E-state index in [2.05, 4.69) is 5.10 Å². The lowest BCUT2D eigenvalue weighted by molar-refractivity contribution is 0.0521. The van der Waals surface area contributed by atoms with Crippen LogP contribution in [-0.4, -0.2) is 29.5 Å². The highest BCUT2D eigenvalue weighted by molar-refractivity contribution is 6.03. The molecule has 0 fully saturated rings. The molecule has 2 rings (SSSR count). The van der Waals surface area contributed by atoms with Crippen LogP contribution in [0.2, 0.25) is 0 Å². The van der Waals surface area contributed by atoms with Crippen LogP contribution in [0.1, 0.15) is 17.4 Å². The van der Waals surface area contributed by atoms with Gasteiger partial charge in [-0.3, -0.25) is 4.68 Å². The molecule has 1 aromatic heterocycles. The standard InChI is InChI=1S/C12H14N2O3/c1-4-17-12(15)10-8-6-5-7-9(16-3)11(8)14(2)13-10/h5-7H,4H2,1-3H3. The van der Waals surface area contributed by atoms with Crippen molar-refractivity contribution in [2.24, 2.45) is 7.05 Å². The van der Waals surface area contributed by atoms with E-state index < -0.39 is 5.97 Å². The Morgan fingerprint density at radius 2 is 2.24 bits per heavy atom. The largest absolute Gasteiger partial charge is 0.494 e. The van der Waals surface area contributed by atoms with E-state index >= 15 is 0 Å². The topological polar surface area (TPSA) is 53.3 Å². The minimum atomic E-state index is -0.411. The van der Waals surface area contributed by atoms with E-state index in [1.165, 1.54) is 0 Å². The molecule has 0 N–H and O–H groups in total. The summed E-state index contributed by atoms with van der Waals surface area (Å²) >= 11 is 0. The number of esters is 1. The first-order valence-corrected chi connectivity index (χ1v) is 5.35. The van der Waals surface area contributed by atoms with Gasteiger partial charge in [-0.05, 0) is 13.0 Å². The van der Waals surface area contributed by atoms with Crippen molar-refractivity contribution >= 4 is 16.9 Å². The van der Waals surface area contributed by atoms with Crippen molar-refractivity contribution in [2.45, 2.75) is 6.92 Å². The molecule has 2 aromatic rings. The van der Waals surface area contributed by atoms with E-state index in [0.717, 1.165) is 10.9 Å². The number of rotatable bonds is 3. The molecule has 17 heavy (non-hydrogen) atoms. The zero-order valence-corrected chi connectivity index (χ0v) is 10.1. The van der Waals surface area contributed by atoms with Gasteiger partial charge >= 0.3 is 5.97 Å². The fourth-order valence-corrected chi connectivity index (χ4v) is 1.82. The highest BCUT2D eigenvalue weighted by Crippen LogP contribution is 2.27. The average Bonchev–Trinajstić information content (AvgIpc) is 2.67. The number of hydrogen-bond donors (Lipinski definition) is 0.